The topological polar surface area (TPSA) is 101 Å². The Morgan fingerprint density at radius 3 is 2.68 bits per heavy atom. The van der Waals surface area contributed by atoms with Crippen LogP contribution in [0.5, 0.6) is 5.75 Å². The summed E-state index contributed by atoms with van der Waals surface area (Å²) in [6.45, 7) is -0.00516. The highest BCUT2D eigenvalue weighted by atomic mass is 35.5. The third-order valence-electron chi connectivity index (χ3n) is 2.87. The first kappa shape index (κ1) is 16.4. The van der Waals surface area contributed by atoms with Crippen LogP contribution in [0.2, 0.25) is 10.0 Å². The van der Waals surface area contributed by atoms with Gasteiger partial charge in [0.1, 0.15) is 24.0 Å². The number of hydrogen-bond donors (Lipinski definition) is 5. The number of aromatic hydroxyl groups is 1. The molecule has 0 radical (unpaired) electrons. The molecule has 2 aromatic rings. The minimum atomic E-state index is -0.324. The molecule has 0 fully saturated rings. The highest BCUT2D eigenvalue weighted by Crippen LogP contribution is 2.31. The molecule has 0 aliphatic carbocycles. The number of nitrogens with one attached hydrogen (secondary N) is 3. The van der Waals surface area contributed by atoms with Crippen LogP contribution >= 0.6 is 23.2 Å². The van der Waals surface area contributed by atoms with Gasteiger partial charge < -0.3 is 20.8 Å². The molecule has 0 saturated carbocycles. The van der Waals surface area contributed by atoms with E-state index in [9.17, 15) is 5.11 Å². The minimum absolute atomic E-state index is 0.0166. The summed E-state index contributed by atoms with van der Waals surface area (Å²) < 4.78 is 0. The zero-order chi connectivity index (χ0) is 16.1. The number of aliphatic hydroxyl groups excluding tert-OH is 1. The number of halogens is 2. The second kappa shape index (κ2) is 7.31. The number of pyridine rings is 1. The lowest BCUT2D eigenvalue weighted by Crippen LogP contribution is -2.24. The molecule has 22 heavy (non-hydrogen) atoms. The highest BCUT2D eigenvalue weighted by Gasteiger charge is 2.08. The monoisotopic (exact) mass is 340 g/mol. The quantitative estimate of drug-likeness (QED) is 0.327. The van der Waals surface area contributed by atoms with E-state index in [1.54, 1.807) is 24.4 Å². The Kier molecular flexibility index (Phi) is 5.43. The van der Waals surface area contributed by atoms with Gasteiger partial charge in [0, 0.05) is 17.1 Å². The van der Waals surface area contributed by atoms with Gasteiger partial charge in [-0.05, 0) is 24.3 Å². The molecule has 0 bridgehead atoms. The second-order valence-corrected chi connectivity index (χ2v) is 5.23. The van der Waals surface area contributed by atoms with Gasteiger partial charge in [-0.25, -0.2) is 0 Å². The summed E-state index contributed by atoms with van der Waals surface area (Å²) >= 11 is 11.8. The van der Waals surface area contributed by atoms with Crippen LogP contribution < -0.4 is 10.6 Å². The van der Waals surface area contributed by atoms with Crippen molar-refractivity contribution < 1.29 is 10.2 Å². The average molecular weight is 341 g/mol. The Labute approximate surface area is 137 Å². The molecule has 0 atom stereocenters. The highest BCUT2D eigenvalue weighted by molar-refractivity contribution is 6.35. The van der Waals surface area contributed by atoms with E-state index >= 15 is 0 Å². The Balaban J connectivity index is 2.05. The van der Waals surface area contributed by atoms with E-state index in [2.05, 4.69) is 15.6 Å². The second-order valence-electron chi connectivity index (χ2n) is 4.39. The normalized spacial score (nSPS) is 10.3. The van der Waals surface area contributed by atoms with Crippen molar-refractivity contribution in [3.63, 3.8) is 0 Å². The summed E-state index contributed by atoms with van der Waals surface area (Å²) in [5.41, 5.74) is 1.68. The first-order chi connectivity index (χ1) is 10.5. The molecule has 5 N–H and O–H groups in total. The van der Waals surface area contributed by atoms with E-state index in [1.807, 2.05) is 0 Å². The van der Waals surface area contributed by atoms with Gasteiger partial charge in [0.2, 0.25) is 0 Å². The van der Waals surface area contributed by atoms with Crippen LogP contribution in [0.4, 0.5) is 5.69 Å². The van der Waals surface area contributed by atoms with E-state index in [4.69, 9.17) is 33.7 Å². The molecule has 0 unspecified atom stereocenters. The van der Waals surface area contributed by atoms with Crippen molar-refractivity contribution in [3.05, 3.63) is 51.8 Å². The van der Waals surface area contributed by atoms with E-state index in [0.717, 1.165) is 0 Å². The lowest BCUT2D eigenvalue weighted by Gasteiger charge is -2.10. The Hall–Kier alpha value is -2.02. The van der Waals surface area contributed by atoms with Crippen molar-refractivity contribution in [2.24, 2.45) is 0 Å². The van der Waals surface area contributed by atoms with Gasteiger partial charge in [-0.2, -0.15) is 0 Å². The predicted octanol–water partition coefficient (Wildman–Crippen LogP) is 2.57. The molecule has 0 saturated heterocycles. The summed E-state index contributed by atoms with van der Waals surface area (Å²) in [4.78, 5) is 4.09. The third-order valence-corrected chi connectivity index (χ3v) is 3.37. The lowest BCUT2D eigenvalue weighted by molar-refractivity contribution is 0.286. The molecule has 0 spiro atoms. The maximum atomic E-state index is 9.87. The number of phenols is 1. The lowest BCUT2D eigenvalue weighted by atomic mass is 10.2. The Bertz CT molecular complexity index is 677. The molecular weight excluding hydrogens is 327 g/mol. The van der Waals surface area contributed by atoms with Crippen LogP contribution in [0.1, 0.15) is 11.3 Å². The first-order valence-corrected chi connectivity index (χ1v) is 7.07. The van der Waals surface area contributed by atoms with Crippen molar-refractivity contribution in [3.8, 4) is 5.75 Å². The van der Waals surface area contributed by atoms with Gasteiger partial charge in [0.15, 0.2) is 0 Å². The number of benzene rings is 1. The number of hydrogen-bond acceptors (Lipinski definition) is 5. The SMILES string of the molecule is N=C(NCO)c1ccc(NCc2cc(Cl)cc(Cl)c2O)cn1. The van der Waals surface area contributed by atoms with Crippen molar-refractivity contribution in [2.45, 2.75) is 6.54 Å². The standard InChI is InChI=1S/C14H14Cl2N4O2/c15-9-3-8(13(22)11(16)4-9)5-18-10-1-2-12(19-6-10)14(17)20-7-21/h1-4,6,18,21-22H,5,7H2,(H2,17,20). The summed E-state index contributed by atoms with van der Waals surface area (Å²) in [7, 11) is 0. The van der Waals surface area contributed by atoms with Gasteiger partial charge in [0.25, 0.3) is 0 Å². The van der Waals surface area contributed by atoms with Crippen LogP contribution in [0.15, 0.2) is 30.5 Å². The number of amidine groups is 1. The summed E-state index contributed by atoms with van der Waals surface area (Å²) in [5.74, 6) is 0.0189. The fourth-order valence-electron chi connectivity index (χ4n) is 1.77. The summed E-state index contributed by atoms with van der Waals surface area (Å²) in [6.07, 6.45) is 1.55. The number of anilines is 1. The summed E-state index contributed by atoms with van der Waals surface area (Å²) in [5, 5.41) is 32.3. The molecule has 0 aliphatic rings. The van der Waals surface area contributed by atoms with Crippen LogP contribution in [-0.4, -0.2) is 27.8 Å². The van der Waals surface area contributed by atoms with Crippen molar-refractivity contribution in [1.82, 2.24) is 10.3 Å². The number of aliphatic hydroxyl groups is 1. The maximum absolute atomic E-state index is 9.87. The first-order valence-electron chi connectivity index (χ1n) is 6.31. The van der Waals surface area contributed by atoms with Crippen LogP contribution in [-0.2, 0) is 6.54 Å². The minimum Gasteiger partial charge on any atom is -0.506 e. The van der Waals surface area contributed by atoms with Gasteiger partial charge in [0.05, 0.1) is 16.9 Å². The number of rotatable bonds is 5. The zero-order valence-electron chi connectivity index (χ0n) is 11.4. The largest absolute Gasteiger partial charge is 0.506 e. The van der Waals surface area contributed by atoms with Gasteiger partial charge in [-0.15, -0.1) is 0 Å². The molecule has 8 heteroatoms. The van der Waals surface area contributed by atoms with Crippen LogP contribution in [0.3, 0.4) is 0 Å². The van der Waals surface area contributed by atoms with Crippen LogP contribution in [0.25, 0.3) is 0 Å². The third kappa shape index (κ3) is 4.00. The van der Waals surface area contributed by atoms with Crippen molar-refractivity contribution in [2.75, 3.05) is 12.0 Å². The molecule has 116 valence electrons. The smallest absolute Gasteiger partial charge is 0.146 e. The molecule has 0 aliphatic heterocycles. The van der Waals surface area contributed by atoms with Crippen LogP contribution in [0, 0.1) is 5.41 Å². The number of phenolic OH excluding ortho intramolecular Hbond substituents is 1. The fraction of sp³-hybridized carbons (Fsp3) is 0.143. The molecule has 0 amide bonds. The van der Waals surface area contributed by atoms with E-state index in [0.29, 0.717) is 28.5 Å². The van der Waals surface area contributed by atoms with Crippen molar-refractivity contribution in [1.29, 1.82) is 5.41 Å². The van der Waals surface area contributed by atoms with Gasteiger partial charge in [-0.3, -0.25) is 10.4 Å². The number of nitrogens with zero attached hydrogens (tertiary/aromatic N) is 1. The van der Waals surface area contributed by atoms with E-state index < -0.39 is 0 Å². The van der Waals surface area contributed by atoms with Gasteiger partial charge >= 0.3 is 0 Å². The molecule has 6 nitrogen and oxygen atoms in total. The average Bonchev–Trinajstić information content (AvgIpc) is 2.50. The summed E-state index contributed by atoms with van der Waals surface area (Å²) in [6, 6.07) is 6.47. The van der Waals surface area contributed by atoms with E-state index in [1.165, 1.54) is 6.07 Å². The predicted molar refractivity (Wildman–Crippen MR) is 86.7 cm³/mol. The van der Waals surface area contributed by atoms with E-state index in [-0.39, 0.29) is 23.3 Å². The molecule has 1 aromatic heterocycles. The Morgan fingerprint density at radius 1 is 1.27 bits per heavy atom. The fourth-order valence-corrected chi connectivity index (χ4v) is 2.30. The van der Waals surface area contributed by atoms with Gasteiger partial charge in [-0.1, -0.05) is 23.2 Å². The molecule has 1 aromatic carbocycles. The Morgan fingerprint density at radius 2 is 2.05 bits per heavy atom. The number of aromatic nitrogens is 1. The maximum Gasteiger partial charge on any atom is 0.146 e. The zero-order valence-corrected chi connectivity index (χ0v) is 12.9. The van der Waals surface area contributed by atoms with Crippen molar-refractivity contribution >= 4 is 34.7 Å². The molecule has 2 rings (SSSR count). The molecule has 1 heterocycles. The molecular formula is C14H14Cl2N4O2.